The molecule has 0 bridgehead atoms. The summed E-state index contributed by atoms with van der Waals surface area (Å²) in [5, 5.41) is 0. The van der Waals surface area contributed by atoms with Crippen LogP contribution in [0.15, 0.2) is 18.2 Å². The van der Waals surface area contributed by atoms with Crippen LogP contribution >= 0.6 is 11.6 Å². The molecule has 0 radical (unpaired) electrons. The molecule has 1 heterocycles. The van der Waals surface area contributed by atoms with Gasteiger partial charge in [0.25, 0.3) is 0 Å². The lowest BCUT2D eigenvalue weighted by molar-refractivity contribution is -0.136. The van der Waals surface area contributed by atoms with Crippen molar-refractivity contribution in [2.75, 3.05) is 0 Å². The molecule has 0 aliphatic heterocycles. The van der Waals surface area contributed by atoms with Gasteiger partial charge in [-0.25, -0.2) is 4.98 Å². The predicted molar refractivity (Wildman–Crippen MR) is 64.7 cm³/mol. The van der Waals surface area contributed by atoms with Gasteiger partial charge in [-0.05, 0) is 18.6 Å². The van der Waals surface area contributed by atoms with E-state index in [1.807, 2.05) is 19.1 Å². The zero-order chi connectivity index (χ0) is 13.3. The fraction of sp³-hybridized carbons (Fsp3) is 0.417. The van der Waals surface area contributed by atoms with Gasteiger partial charge in [0, 0.05) is 6.54 Å². The monoisotopic (exact) mass is 276 g/mol. The summed E-state index contributed by atoms with van der Waals surface area (Å²) in [5.41, 5.74) is 2.32. The number of para-hydroxylation sites is 1. The molecule has 0 spiro atoms. The second kappa shape index (κ2) is 4.80. The molecule has 18 heavy (non-hydrogen) atoms. The summed E-state index contributed by atoms with van der Waals surface area (Å²) in [5.74, 6) is 0.580. The second-order valence-electron chi connectivity index (χ2n) is 4.12. The highest BCUT2D eigenvalue weighted by atomic mass is 35.5. The quantitative estimate of drug-likeness (QED) is 0.774. The van der Waals surface area contributed by atoms with Gasteiger partial charge in [0.15, 0.2) is 0 Å². The number of aryl methyl sites for hydroxylation is 2. The van der Waals surface area contributed by atoms with Gasteiger partial charge in [0.1, 0.15) is 5.82 Å². The molecule has 0 aliphatic rings. The van der Waals surface area contributed by atoms with Gasteiger partial charge in [-0.15, -0.1) is 11.6 Å². The van der Waals surface area contributed by atoms with Crippen molar-refractivity contribution < 1.29 is 13.2 Å². The first-order chi connectivity index (χ1) is 8.42. The number of fused-ring (bicyclic) bond motifs is 1. The van der Waals surface area contributed by atoms with Crippen molar-refractivity contribution in [1.29, 1.82) is 0 Å². The first kappa shape index (κ1) is 13.2. The number of rotatable bonds is 3. The molecule has 0 saturated heterocycles. The minimum atomic E-state index is -4.18. The van der Waals surface area contributed by atoms with Gasteiger partial charge >= 0.3 is 6.18 Å². The molecule has 0 saturated carbocycles. The van der Waals surface area contributed by atoms with E-state index in [9.17, 15) is 13.2 Å². The highest BCUT2D eigenvalue weighted by Crippen LogP contribution is 2.25. The zero-order valence-corrected chi connectivity index (χ0v) is 10.5. The third-order valence-corrected chi connectivity index (χ3v) is 3.02. The first-order valence-electron chi connectivity index (χ1n) is 5.50. The largest absolute Gasteiger partial charge is 0.390 e. The maximum atomic E-state index is 12.3. The van der Waals surface area contributed by atoms with E-state index in [-0.39, 0.29) is 12.4 Å². The number of alkyl halides is 4. The van der Waals surface area contributed by atoms with E-state index < -0.39 is 12.6 Å². The van der Waals surface area contributed by atoms with E-state index in [2.05, 4.69) is 4.98 Å². The Balaban J connectivity index is 2.46. The van der Waals surface area contributed by atoms with Gasteiger partial charge in [-0.2, -0.15) is 13.2 Å². The van der Waals surface area contributed by atoms with E-state index in [0.717, 1.165) is 11.1 Å². The Labute approximate surface area is 107 Å². The van der Waals surface area contributed by atoms with Crippen LogP contribution in [0.4, 0.5) is 13.2 Å². The fourth-order valence-electron chi connectivity index (χ4n) is 1.99. The summed E-state index contributed by atoms with van der Waals surface area (Å²) in [6, 6.07) is 5.46. The Kier molecular flexibility index (Phi) is 3.52. The average molecular weight is 277 g/mol. The van der Waals surface area contributed by atoms with Crippen LogP contribution in [0.1, 0.15) is 17.8 Å². The second-order valence-corrected chi connectivity index (χ2v) is 4.39. The molecular weight excluding hydrogens is 265 g/mol. The Morgan fingerprint density at radius 1 is 1.33 bits per heavy atom. The summed E-state index contributed by atoms with van der Waals surface area (Å²) in [6.45, 7) is 1.71. The summed E-state index contributed by atoms with van der Waals surface area (Å²) in [6.07, 6.45) is -5.06. The number of benzene rings is 1. The molecule has 0 amide bonds. The Morgan fingerprint density at radius 3 is 2.67 bits per heavy atom. The van der Waals surface area contributed by atoms with Crippen LogP contribution in [0, 0.1) is 6.92 Å². The van der Waals surface area contributed by atoms with Gasteiger partial charge in [0.05, 0.1) is 23.3 Å². The SMILES string of the molecule is Cc1cccc2nc(CCl)n(CCC(F)(F)F)c12. The van der Waals surface area contributed by atoms with Crippen molar-refractivity contribution in [3.05, 3.63) is 29.6 Å². The van der Waals surface area contributed by atoms with E-state index >= 15 is 0 Å². The summed E-state index contributed by atoms with van der Waals surface area (Å²) < 4.78 is 38.5. The lowest BCUT2D eigenvalue weighted by Crippen LogP contribution is -2.13. The van der Waals surface area contributed by atoms with Crippen LogP contribution in [-0.2, 0) is 12.4 Å². The van der Waals surface area contributed by atoms with Gasteiger partial charge in [0.2, 0.25) is 0 Å². The van der Waals surface area contributed by atoms with E-state index in [1.54, 1.807) is 10.6 Å². The van der Waals surface area contributed by atoms with Crippen molar-refractivity contribution in [3.63, 3.8) is 0 Å². The Morgan fingerprint density at radius 2 is 2.06 bits per heavy atom. The minimum Gasteiger partial charge on any atom is -0.326 e. The third-order valence-electron chi connectivity index (χ3n) is 2.79. The van der Waals surface area contributed by atoms with Crippen molar-refractivity contribution >= 4 is 22.6 Å². The molecule has 98 valence electrons. The molecule has 2 rings (SSSR count). The molecule has 1 aromatic carbocycles. The van der Waals surface area contributed by atoms with Crippen LogP contribution in [0.2, 0.25) is 0 Å². The normalized spacial score (nSPS) is 12.3. The molecule has 0 aliphatic carbocycles. The summed E-state index contributed by atoms with van der Waals surface area (Å²) in [7, 11) is 0. The van der Waals surface area contributed by atoms with Crippen LogP contribution in [0.25, 0.3) is 11.0 Å². The maximum Gasteiger partial charge on any atom is 0.390 e. The molecule has 0 fully saturated rings. The molecule has 2 nitrogen and oxygen atoms in total. The molecule has 1 aromatic heterocycles. The van der Waals surface area contributed by atoms with Crippen LogP contribution in [-0.4, -0.2) is 15.7 Å². The lowest BCUT2D eigenvalue weighted by Gasteiger charge is -2.11. The predicted octanol–water partition coefficient (Wildman–Crippen LogP) is 4.04. The maximum absolute atomic E-state index is 12.3. The molecule has 2 aromatic rings. The van der Waals surface area contributed by atoms with Crippen LogP contribution in [0.5, 0.6) is 0 Å². The van der Waals surface area contributed by atoms with Gasteiger partial charge in [-0.3, -0.25) is 0 Å². The summed E-state index contributed by atoms with van der Waals surface area (Å²) >= 11 is 5.74. The number of aromatic nitrogens is 2. The smallest absolute Gasteiger partial charge is 0.326 e. The van der Waals surface area contributed by atoms with Crippen molar-refractivity contribution in [2.24, 2.45) is 0 Å². The average Bonchev–Trinajstić information content (AvgIpc) is 2.64. The fourth-order valence-corrected chi connectivity index (χ4v) is 2.20. The number of halogens is 4. The van der Waals surface area contributed by atoms with Gasteiger partial charge < -0.3 is 4.57 Å². The highest BCUT2D eigenvalue weighted by molar-refractivity contribution is 6.16. The molecule has 6 heteroatoms. The Bertz CT molecular complexity index is 560. The van der Waals surface area contributed by atoms with E-state index in [1.165, 1.54) is 0 Å². The first-order valence-corrected chi connectivity index (χ1v) is 6.03. The zero-order valence-electron chi connectivity index (χ0n) is 9.76. The number of nitrogens with zero attached hydrogens (tertiary/aromatic N) is 2. The van der Waals surface area contributed by atoms with Crippen molar-refractivity contribution in [2.45, 2.75) is 31.9 Å². The Hall–Kier alpha value is -1.23. The number of hydrogen-bond acceptors (Lipinski definition) is 1. The van der Waals surface area contributed by atoms with E-state index in [4.69, 9.17) is 11.6 Å². The molecular formula is C12H12ClF3N2. The molecule has 0 N–H and O–H groups in total. The van der Waals surface area contributed by atoms with Crippen molar-refractivity contribution in [3.8, 4) is 0 Å². The minimum absolute atomic E-state index is 0.103. The van der Waals surface area contributed by atoms with Crippen LogP contribution in [0.3, 0.4) is 0 Å². The lowest BCUT2D eigenvalue weighted by atomic mass is 10.2. The molecule has 0 unspecified atom stereocenters. The highest BCUT2D eigenvalue weighted by Gasteiger charge is 2.27. The summed E-state index contributed by atoms with van der Waals surface area (Å²) in [4.78, 5) is 4.26. The number of imidazole rings is 1. The third kappa shape index (κ3) is 2.61. The van der Waals surface area contributed by atoms with Gasteiger partial charge in [-0.1, -0.05) is 12.1 Å². The number of hydrogen-bond donors (Lipinski definition) is 0. The van der Waals surface area contributed by atoms with Crippen LogP contribution < -0.4 is 0 Å². The standard InChI is InChI=1S/C12H12ClF3N2/c1-8-3-2-4-9-11(8)18(10(7-13)17-9)6-5-12(14,15)16/h2-4H,5-7H2,1H3. The van der Waals surface area contributed by atoms with E-state index in [0.29, 0.717) is 11.3 Å². The molecule has 0 atom stereocenters. The topological polar surface area (TPSA) is 17.8 Å². The van der Waals surface area contributed by atoms with Crippen molar-refractivity contribution in [1.82, 2.24) is 9.55 Å².